The zero-order chi connectivity index (χ0) is 17.4. The fraction of sp³-hybridized carbons (Fsp3) is 0.375. The second kappa shape index (κ2) is 7.08. The van der Waals surface area contributed by atoms with E-state index in [4.69, 9.17) is 39.5 Å². The molecule has 0 bridgehead atoms. The van der Waals surface area contributed by atoms with E-state index >= 15 is 0 Å². The van der Waals surface area contributed by atoms with Crippen LogP contribution < -0.4 is 0 Å². The Hall–Kier alpha value is -1.01. The number of amides is 1. The second-order valence-corrected chi connectivity index (χ2v) is 7.87. The molecule has 0 radical (unpaired) electrons. The molecule has 0 unspecified atom stereocenters. The Morgan fingerprint density at radius 3 is 2.50 bits per heavy atom. The van der Waals surface area contributed by atoms with Crippen LogP contribution in [0, 0.1) is 5.92 Å². The van der Waals surface area contributed by atoms with E-state index in [-0.39, 0.29) is 17.8 Å². The molecule has 2 heterocycles. The maximum absolute atomic E-state index is 12.8. The third-order valence-electron chi connectivity index (χ3n) is 4.16. The Labute approximate surface area is 158 Å². The minimum absolute atomic E-state index is 0.142. The van der Waals surface area contributed by atoms with Gasteiger partial charge in [-0.25, -0.2) is 0 Å². The van der Waals surface area contributed by atoms with Gasteiger partial charge in [0.1, 0.15) is 4.88 Å². The molecule has 4 nitrogen and oxygen atoms in total. The van der Waals surface area contributed by atoms with Crippen LogP contribution >= 0.6 is 46.1 Å². The number of ether oxygens (including phenoxy) is 1. The first kappa shape index (κ1) is 17.8. The molecule has 128 valence electrons. The van der Waals surface area contributed by atoms with Crippen LogP contribution in [-0.2, 0) is 9.53 Å². The summed E-state index contributed by atoms with van der Waals surface area (Å²) in [5.41, 5.74) is 0. The van der Waals surface area contributed by atoms with Gasteiger partial charge in [-0.05, 0) is 25.0 Å². The van der Waals surface area contributed by atoms with Crippen LogP contribution in [0.15, 0.2) is 12.1 Å². The number of fused-ring (bicyclic) bond motifs is 1. The Bertz CT molecular complexity index is 812. The minimum Gasteiger partial charge on any atom is -0.469 e. The van der Waals surface area contributed by atoms with Crippen LogP contribution in [0.25, 0.3) is 10.1 Å². The summed E-state index contributed by atoms with van der Waals surface area (Å²) in [6.07, 6.45) is 1.18. The van der Waals surface area contributed by atoms with E-state index in [9.17, 15) is 9.59 Å². The summed E-state index contributed by atoms with van der Waals surface area (Å²) < 4.78 is 5.55. The first-order chi connectivity index (χ1) is 11.4. The standard InChI is InChI=1S/C16H14Cl3NO3S/c1-23-16(22)8-2-4-20(5-3-8)15(21)14-13(19)12-10(18)6-9(17)7-11(12)24-14/h6-8H,2-5H2,1H3. The van der Waals surface area contributed by atoms with Crippen LogP contribution in [0.4, 0.5) is 0 Å². The quantitative estimate of drug-likeness (QED) is 0.667. The van der Waals surface area contributed by atoms with E-state index in [0.29, 0.717) is 51.3 Å². The molecule has 1 aliphatic rings. The van der Waals surface area contributed by atoms with Gasteiger partial charge in [-0.15, -0.1) is 11.3 Å². The number of rotatable bonds is 2. The monoisotopic (exact) mass is 405 g/mol. The van der Waals surface area contributed by atoms with Gasteiger partial charge in [0.25, 0.3) is 5.91 Å². The van der Waals surface area contributed by atoms with Gasteiger partial charge < -0.3 is 9.64 Å². The van der Waals surface area contributed by atoms with Crippen molar-refractivity contribution in [3.05, 3.63) is 32.1 Å². The van der Waals surface area contributed by atoms with Crippen molar-refractivity contribution in [1.29, 1.82) is 0 Å². The number of benzene rings is 1. The molecule has 0 aliphatic carbocycles. The first-order valence-corrected chi connectivity index (χ1v) is 9.31. The van der Waals surface area contributed by atoms with Crippen LogP contribution in [0.3, 0.4) is 0 Å². The van der Waals surface area contributed by atoms with E-state index in [2.05, 4.69) is 0 Å². The summed E-state index contributed by atoms with van der Waals surface area (Å²) in [4.78, 5) is 26.5. The first-order valence-electron chi connectivity index (χ1n) is 7.36. The highest BCUT2D eigenvalue weighted by Gasteiger charge is 2.30. The molecule has 1 aromatic carbocycles. The molecule has 1 aliphatic heterocycles. The summed E-state index contributed by atoms with van der Waals surface area (Å²) in [6, 6.07) is 3.36. The summed E-state index contributed by atoms with van der Waals surface area (Å²) >= 11 is 19.9. The van der Waals surface area contributed by atoms with E-state index in [1.54, 1.807) is 17.0 Å². The van der Waals surface area contributed by atoms with Gasteiger partial charge in [0, 0.05) is 28.2 Å². The van der Waals surface area contributed by atoms with Gasteiger partial charge >= 0.3 is 5.97 Å². The SMILES string of the molecule is COC(=O)C1CCN(C(=O)c2sc3cc(Cl)cc(Cl)c3c2Cl)CC1. The normalized spacial score (nSPS) is 15.8. The zero-order valence-corrected chi connectivity index (χ0v) is 15.9. The lowest BCUT2D eigenvalue weighted by Crippen LogP contribution is -2.40. The van der Waals surface area contributed by atoms with Gasteiger partial charge in [-0.2, -0.15) is 0 Å². The number of carbonyl (C=O) groups is 2. The third-order valence-corrected chi connectivity index (χ3v) is 6.29. The number of likely N-dealkylation sites (tertiary alicyclic amines) is 1. The van der Waals surface area contributed by atoms with Gasteiger partial charge in [0.05, 0.1) is 23.1 Å². The van der Waals surface area contributed by atoms with Gasteiger partial charge in [-0.1, -0.05) is 34.8 Å². The molecule has 8 heteroatoms. The number of carbonyl (C=O) groups excluding carboxylic acids is 2. The average Bonchev–Trinajstić information content (AvgIpc) is 2.90. The average molecular weight is 407 g/mol. The molecule has 3 rings (SSSR count). The fourth-order valence-corrected chi connectivity index (χ4v) is 5.22. The molecule has 1 amide bonds. The number of methoxy groups -OCH3 is 1. The van der Waals surface area contributed by atoms with Crippen molar-refractivity contribution in [3.8, 4) is 0 Å². The highest BCUT2D eigenvalue weighted by molar-refractivity contribution is 7.21. The van der Waals surface area contributed by atoms with E-state index in [1.165, 1.54) is 18.4 Å². The Morgan fingerprint density at radius 2 is 1.88 bits per heavy atom. The number of hydrogen-bond donors (Lipinski definition) is 0. The molecular formula is C16H14Cl3NO3S. The minimum atomic E-state index is -0.219. The molecular weight excluding hydrogens is 393 g/mol. The van der Waals surface area contributed by atoms with Gasteiger partial charge in [0.15, 0.2) is 0 Å². The maximum Gasteiger partial charge on any atom is 0.308 e. The lowest BCUT2D eigenvalue weighted by Gasteiger charge is -2.30. The third kappa shape index (κ3) is 3.23. The lowest BCUT2D eigenvalue weighted by atomic mass is 9.97. The fourth-order valence-electron chi connectivity index (χ4n) is 2.88. The second-order valence-electron chi connectivity index (χ2n) is 5.60. The molecule has 1 saturated heterocycles. The number of hydrogen-bond acceptors (Lipinski definition) is 4. The smallest absolute Gasteiger partial charge is 0.308 e. The Kier molecular flexibility index (Phi) is 5.25. The highest BCUT2D eigenvalue weighted by Crippen LogP contribution is 2.41. The molecule has 0 N–H and O–H groups in total. The van der Waals surface area contributed by atoms with Gasteiger partial charge in [-0.3, -0.25) is 9.59 Å². The number of esters is 1. The number of piperidine rings is 1. The highest BCUT2D eigenvalue weighted by atomic mass is 35.5. The van der Waals surface area contributed by atoms with Crippen LogP contribution in [0.5, 0.6) is 0 Å². The number of halogens is 3. The topological polar surface area (TPSA) is 46.6 Å². The summed E-state index contributed by atoms with van der Waals surface area (Å²) in [5, 5.41) is 1.95. The number of thiophene rings is 1. The molecule has 24 heavy (non-hydrogen) atoms. The summed E-state index contributed by atoms with van der Waals surface area (Å²) in [5.74, 6) is -0.509. The molecule has 1 fully saturated rings. The van der Waals surface area contributed by atoms with Crippen molar-refractivity contribution < 1.29 is 14.3 Å². The largest absolute Gasteiger partial charge is 0.469 e. The van der Waals surface area contributed by atoms with Crippen LogP contribution in [0.2, 0.25) is 15.1 Å². The Morgan fingerprint density at radius 1 is 1.21 bits per heavy atom. The van der Waals surface area contributed by atoms with Crippen LogP contribution in [-0.4, -0.2) is 37.0 Å². The van der Waals surface area contributed by atoms with E-state index in [0.717, 1.165) is 4.70 Å². The van der Waals surface area contributed by atoms with Crippen molar-refractivity contribution in [1.82, 2.24) is 4.90 Å². The van der Waals surface area contributed by atoms with Crippen molar-refractivity contribution in [3.63, 3.8) is 0 Å². The molecule has 0 saturated carbocycles. The van der Waals surface area contributed by atoms with Gasteiger partial charge in [0.2, 0.25) is 0 Å². The predicted molar refractivity (Wildman–Crippen MR) is 97.5 cm³/mol. The molecule has 0 spiro atoms. The summed E-state index contributed by atoms with van der Waals surface area (Å²) in [6.45, 7) is 0.995. The van der Waals surface area contributed by atoms with Crippen molar-refractivity contribution in [2.45, 2.75) is 12.8 Å². The molecule has 2 aromatic rings. The Balaban J connectivity index is 1.84. The van der Waals surface area contributed by atoms with Crippen molar-refractivity contribution in [2.75, 3.05) is 20.2 Å². The molecule has 0 atom stereocenters. The van der Waals surface area contributed by atoms with Crippen molar-refractivity contribution in [2.24, 2.45) is 5.92 Å². The van der Waals surface area contributed by atoms with E-state index in [1.807, 2.05) is 0 Å². The maximum atomic E-state index is 12.8. The zero-order valence-electron chi connectivity index (χ0n) is 12.8. The van der Waals surface area contributed by atoms with Crippen LogP contribution in [0.1, 0.15) is 22.5 Å². The summed E-state index contributed by atoms with van der Waals surface area (Å²) in [7, 11) is 1.38. The number of nitrogens with zero attached hydrogens (tertiary/aromatic N) is 1. The van der Waals surface area contributed by atoms with Crippen molar-refractivity contribution >= 4 is 68.1 Å². The molecule has 1 aromatic heterocycles. The lowest BCUT2D eigenvalue weighted by molar-refractivity contribution is -0.146. The predicted octanol–water partition coefficient (Wildman–Crippen LogP) is 4.89. The van der Waals surface area contributed by atoms with E-state index < -0.39 is 0 Å².